The summed E-state index contributed by atoms with van der Waals surface area (Å²) in [5, 5.41) is 7.41. The van der Waals surface area contributed by atoms with E-state index in [1.165, 1.54) is 5.56 Å². The predicted octanol–water partition coefficient (Wildman–Crippen LogP) is 3.08. The molecule has 112 valence electrons. The van der Waals surface area contributed by atoms with Gasteiger partial charge in [0.2, 0.25) is 5.91 Å². The van der Waals surface area contributed by atoms with Gasteiger partial charge < -0.3 is 5.32 Å². The molecule has 1 unspecified atom stereocenters. The lowest BCUT2D eigenvalue weighted by Crippen LogP contribution is -2.31. The second kappa shape index (κ2) is 6.57. The van der Waals surface area contributed by atoms with Crippen LogP contribution in [0.3, 0.4) is 0 Å². The van der Waals surface area contributed by atoms with Crippen molar-refractivity contribution in [3.05, 3.63) is 52.8 Å². The van der Waals surface area contributed by atoms with E-state index in [-0.39, 0.29) is 18.5 Å². The molecule has 0 aliphatic carbocycles. The van der Waals surface area contributed by atoms with Crippen LogP contribution in [0.2, 0.25) is 0 Å². The molecule has 1 aromatic heterocycles. The van der Waals surface area contributed by atoms with Gasteiger partial charge >= 0.3 is 0 Å². The van der Waals surface area contributed by atoms with Crippen LogP contribution in [0.1, 0.15) is 41.9 Å². The first-order valence-corrected chi connectivity index (χ1v) is 7.36. The molecular formula is C17H23N3O. The summed E-state index contributed by atoms with van der Waals surface area (Å²) in [6, 6.07) is 10.3. The van der Waals surface area contributed by atoms with Crippen molar-refractivity contribution in [2.45, 2.75) is 46.7 Å². The van der Waals surface area contributed by atoms with Crippen molar-refractivity contribution < 1.29 is 4.79 Å². The molecule has 1 atom stereocenters. The molecule has 0 saturated heterocycles. The number of carbonyl (C=O) groups excluding carboxylic acids is 1. The Morgan fingerprint density at radius 1 is 1.24 bits per heavy atom. The van der Waals surface area contributed by atoms with Gasteiger partial charge in [-0.05, 0) is 38.8 Å². The lowest BCUT2D eigenvalue weighted by Gasteiger charge is -2.18. The largest absolute Gasteiger partial charge is 0.348 e. The van der Waals surface area contributed by atoms with Crippen molar-refractivity contribution in [2.75, 3.05) is 0 Å². The summed E-state index contributed by atoms with van der Waals surface area (Å²) in [6.45, 7) is 8.30. The summed E-state index contributed by atoms with van der Waals surface area (Å²) in [4.78, 5) is 12.2. The van der Waals surface area contributed by atoms with Gasteiger partial charge in [0.25, 0.3) is 0 Å². The molecule has 1 amide bonds. The number of amides is 1. The Kier molecular flexibility index (Phi) is 4.78. The Bertz CT molecular complexity index is 613. The number of hydrogen-bond donors (Lipinski definition) is 1. The quantitative estimate of drug-likeness (QED) is 0.917. The van der Waals surface area contributed by atoms with E-state index in [9.17, 15) is 4.79 Å². The average Bonchev–Trinajstić information content (AvgIpc) is 2.75. The number of aromatic nitrogens is 2. The van der Waals surface area contributed by atoms with E-state index in [4.69, 9.17) is 0 Å². The molecule has 0 aliphatic rings. The Hall–Kier alpha value is -2.10. The number of aryl methyl sites for hydroxylation is 3. The molecule has 1 aromatic carbocycles. The molecule has 0 radical (unpaired) electrons. The smallest absolute Gasteiger partial charge is 0.242 e. The van der Waals surface area contributed by atoms with Crippen LogP contribution in [-0.4, -0.2) is 15.7 Å². The van der Waals surface area contributed by atoms with Crippen LogP contribution < -0.4 is 5.32 Å². The molecule has 4 heteroatoms. The fourth-order valence-electron chi connectivity index (χ4n) is 2.43. The predicted molar refractivity (Wildman–Crippen MR) is 84.1 cm³/mol. The molecule has 2 aromatic rings. The first kappa shape index (κ1) is 15.3. The van der Waals surface area contributed by atoms with E-state index in [0.717, 1.165) is 23.4 Å². The molecule has 0 bridgehead atoms. The van der Waals surface area contributed by atoms with E-state index >= 15 is 0 Å². The Morgan fingerprint density at radius 2 is 1.90 bits per heavy atom. The highest BCUT2D eigenvalue weighted by atomic mass is 16.2. The van der Waals surface area contributed by atoms with E-state index < -0.39 is 0 Å². The highest BCUT2D eigenvalue weighted by Crippen LogP contribution is 2.17. The molecule has 0 fully saturated rings. The normalized spacial score (nSPS) is 12.2. The molecule has 0 spiro atoms. The summed E-state index contributed by atoms with van der Waals surface area (Å²) in [5.41, 5.74) is 4.31. The number of rotatable bonds is 5. The third-order valence-electron chi connectivity index (χ3n) is 3.62. The number of carbonyl (C=O) groups is 1. The van der Waals surface area contributed by atoms with Gasteiger partial charge in [0.1, 0.15) is 6.54 Å². The average molecular weight is 285 g/mol. The zero-order chi connectivity index (χ0) is 15.4. The molecule has 1 heterocycles. The molecule has 2 rings (SSSR count). The van der Waals surface area contributed by atoms with Gasteiger partial charge in [0, 0.05) is 5.69 Å². The first-order valence-electron chi connectivity index (χ1n) is 7.36. The highest BCUT2D eigenvalue weighted by molar-refractivity contribution is 5.76. The van der Waals surface area contributed by atoms with Crippen LogP contribution in [0.15, 0.2) is 30.3 Å². The van der Waals surface area contributed by atoms with E-state index in [2.05, 4.69) is 48.5 Å². The lowest BCUT2D eigenvalue weighted by molar-refractivity contribution is -0.122. The maximum Gasteiger partial charge on any atom is 0.242 e. The maximum absolute atomic E-state index is 12.2. The Balaban J connectivity index is 2.03. The van der Waals surface area contributed by atoms with Crippen LogP contribution in [0.25, 0.3) is 0 Å². The molecule has 21 heavy (non-hydrogen) atoms. The van der Waals surface area contributed by atoms with E-state index in [1.54, 1.807) is 4.68 Å². The fourth-order valence-corrected chi connectivity index (χ4v) is 2.43. The monoisotopic (exact) mass is 285 g/mol. The summed E-state index contributed by atoms with van der Waals surface area (Å²) in [6.07, 6.45) is 0.867. The van der Waals surface area contributed by atoms with Gasteiger partial charge in [0.05, 0.1) is 11.7 Å². The second-order valence-corrected chi connectivity index (χ2v) is 5.52. The van der Waals surface area contributed by atoms with E-state index in [1.807, 2.05) is 19.9 Å². The van der Waals surface area contributed by atoms with Crippen molar-refractivity contribution >= 4 is 5.91 Å². The molecule has 4 nitrogen and oxygen atoms in total. The second-order valence-electron chi connectivity index (χ2n) is 5.52. The first-order chi connectivity index (χ1) is 9.99. The molecule has 0 aliphatic heterocycles. The van der Waals surface area contributed by atoms with Crippen molar-refractivity contribution in [2.24, 2.45) is 0 Å². The van der Waals surface area contributed by atoms with Gasteiger partial charge in [-0.15, -0.1) is 0 Å². The minimum absolute atomic E-state index is 0.00590. The molecular weight excluding hydrogens is 262 g/mol. The summed E-state index contributed by atoms with van der Waals surface area (Å²) in [7, 11) is 0. The van der Waals surface area contributed by atoms with Crippen LogP contribution in [0, 0.1) is 20.8 Å². The lowest BCUT2D eigenvalue weighted by atomic mass is 10.0. The van der Waals surface area contributed by atoms with Gasteiger partial charge in [-0.2, -0.15) is 5.10 Å². The summed E-state index contributed by atoms with van der Waals surface area (Å²) < 4.78 is 1.74. The molecule has 0 saturated carbocycles. The topological polar surface area (TPSA) is 46.9 Å². The third-order valence-corrected chi connectivity index (χ3v) is 3.62. The number of nitrogens with zero attached hydrogens (tertiary/aromatic N) is 2. The van der Waals surface area contributed by atoms with Crippen molar-refractivity contribution in [1.29, 1.82) is 0 Å². The number of hydrogen-bond acceptors (Lipinski definition) is 2. The summed E-state index contributed by atoms with van der Waals surface area (Å²) >= 11 is 0. The van der Waals surface area contributed by atoms with Gasteiger partial charge in [0.15, 0.2) is 0 Å². The van der Waals surface area contributed by atoms with Crippen LogP contribution in [0.4, 0.5) is 0 Å². The van der Waals surface area contributed by atoms with Crippen molar-refractivity contribution in [3.63, 3.8) is 0 Å². The summed E-state index contributed by atoms with van der Waals surface area (Å²) in [5.74, 6) is -0.00590. The number of benzene rings is 1. The fraction of sp³-hybridized carbons (Fsp3) is 0.412. The van der Waals surface area contributed by atoms with Crippen molar-refractivity contribution in [1.82, 2.24) is 15.1 Å². The van der Waals surface area contributed by atoms with Gasteiger partial charge in [-0.25, -0.2) is 0 Å². The van der Waals surface area contributed by atoms with Crippen LogP contribution in [-0.2, 0) is 11.3 Å². The van der Waals surface area contributed by atoms with Gasteiger partial charge in [-0.3, -0.25) is 9.48 Å². The zero-order valence-electron chi connectivity index (χ0n) is 13.2. The van der Waals surface area contributed by atoms with E-state index in [0.29, 0.717) is 0 Å². The molecule has 1 N–H and O–H groups in total. The maximum atomic E-state index is 12.2. The Labute approximate surface area is 126 Å². The number of nitrogens with one attached hydrogen (secondary N) is 1. The zero-order valence-corrected chi connectivity index (χ0v) is 13.2. The minimum Gasteiger partial charge on any atom is -0.348 e. The standard InChI is InChI=1S/C17H23N3O/c1-5-16(15-8-6-12(2)7-9-15)18-17(21)11-20-14(4)10-13(3)19-20/h6-10,16H,5,11H2,1-4H3,(H,18,21). The van der Waals surface area contributed by atoms with Crippen molar-refractivity contribution in [3.8, 4) is 0 Å². The SMILES string of the molecule is CCC(NC(=O)Cn1nc(C)cc1C)c1ccc(C)cc1. The Morgan fingerprint density at radius 3 is 2.43 bits per heavy atom. The third kappa shape index (κ3) is 3.94. The van der Waals surface area contributed by atoms with Crippen LogP contribution >= 0.6 is 0 Å². The van der Waals surface area contributed by atoms with Gasteiger partial charge in [-0.1, -0.05) is 36.8 Å². The minimum atomic E-state index is -0.00590. The highest BCUT2D eigenvalue weighted by Gasteiger charge is 2.14. The van der Waals surface area contributed by atoms with Crippen LogP contribution in [0.5, 0.6) is 0 Å².